The Labute approximate surface area is 28.7 Å². The van der Waals surface area contributed by atoms with Gasteiger partial charge in [0.05, 0.1) is 0 Å². The van der Waals surface area contributed by atoms with E-state index in [-0.39, 0.29) is 0 Å². The molecule has 0 saturated carbocycles. The molecule has 0 unspecified atom stereocenters. The molecule has 0 N–H and O–H groups in total. The molecule has 0 radical (unpaired) electrons. The third-order valence-corrected chi connectivity index (χ3v) is 0. The van der Waals surface area contributed by atoms with Gasteiger partial charge in [-0.05, 0) is 0 Å². The molecule has 2 heteroatoms. The van der Waals surface area contributed by atoms with Crippen LogP contribution in [0, 0.1) is 0 Å². The molecule has 0 amide bonds. The van der Waals surface area contributed by atoms with E-state index in [1.807, 2.05) is 0 Å². The molecular weight excluding hydrogens is 75.1 g/mol. The zero-order valence-electron chi connectivity index (χ0n) is 2.79. The van der Waals surface area contributed by atoms with Gasteiger partial charge in [0.2, 0.25) is 0 Å². The molecule has 0 aliphatic heterocycles. The first kappa shape index (κ1) is 4.28. The molecule has 0 aromatic carbocycles. The summed E-state index contributed by atoms with van der Waals surface area (Å²) >= 11 is -0.861. The normalized spacial score (nSPS) is 9.00. The second-order valence-electron chi connectivity index (χ2n) is 0.717. The van der Waals surface area contributed by atoms with Crippen LogP contribution in [0.5, 0.6) is 0 Å². The molecule has 0 atom stereocenters. The zero-order valence-corrected chi connectivity index (χ0v) is 3.60. The van der Waals surface area contributed by atoms with E-state index >= 15 is 0 Å². The maximum absolute atomic E-state index is 11.0. The molecule has 0 spiro atoms. The van der Waals surface area contributed by atoms with Gasteiger partial charge >= 0.3 is 0 Å². The SMILES string of the molecule is C[S+](C)F. The molecule has 0 fully saturated rings. The molecule has 0 aliphatic carbocycles. The molecule has 0 aromatic rings. The fraction of sp³-hybridized carbons (Fsp3) is 1.00. The number of hydrogen-bond acceptors (Lipinski definition) is 0. The van der Waals surface area contributed by atoms with Crippen molar-refractivity contribution in [2.75, 3.05) is 12.5 Å². The number of hydrogen-bond donors (Lipinski definition) is 0. The van der Waals surface area contributed by atoms with Crippen LogP contribution in [0.1, 0.15) is 0 Å². The van der Waals surface area contributed by atoms with Gasteiger partial charge in [-0.3, -0.25) is 0 Å². The van der Waals surface area contributed by atoms with E-state index in [1.54, 1.807) is 0 Å². The molecule has 0 bridgehead atoms. The highest BCUT2D eigenvalue weighted by Gasteiger charge is 1.88. The summed E-state index contributed by atoms with van der Waals surface area (Å²) in [5.74, 6) is 0. The van der Waals surface area contributed by atoms with E-state index in [0.29, 0.717) is 0 Å². The monoisotopic (exact) mass is 81.0 g/mol. The van der Waals surface area contributed by atoms with Crippen LogP contribution < -0.4 is 0 Å². The van der Waals surface area contributed by atoms with Crippen molar-refractivity contribution in [1.82, 2.24) is 0 Å². The Bertz CT molecular complexity index is 10.8. The van der Waals surface area contributed by atoms with Crippen molar-refractivity contribution in [2.45, 2.75) is 0 Å². The largest absolute Gasteiger partial charge is 0.199 e. The Morgan fingerprint density at radius 2 is 1.50 bits per heavy atom. The molecule has 0 saturated heterocycles. The van der Waals surface area contributed by atoms with Gasteiger partial charge in [-0.1, -0.05) is 0 Å². The van der Waals surface area contributed by atoms with Crippen molar-refractivity contribution < 1.29 is 3.89 Å². The van der Waals surface area contributed by atoms with E-state index in [1.165, 1.54) is 12.5 Å². The van der Waals surface area contributed by atoms with Crippen molar-refractivity contribution in [2.24, 2.45) is 0 Å². The fourth-order valence-electron chi connectivity index (χ4n) is 0. The van der Waals surface area contributed by atoms with E-state index < -0.39 is 11.3 Å². The van der Waals surface area contributed by atoms with Crippen LogP contribution in [0.15, 0.2) is 0 Å². The predicted octanol–water partition coefficient (Wildman–Crippen LogP) is 0.749. The van der Waals surface area contributed by atoms with E-state index in [0.717, 1.165) is 0 Å². The highest BCUT2D eigenvalue weighted by atomic mass is 32.2. The third kappa shape index (κ3) is 47.6. The average Bonchev–Trinajstić information content (AvgIpc) is 0.811. The van der Waals surface area contributed by atoms with Gasteiger partial charge in [-0.15, -0.1) is 0 Å². The van der Waals surface area contributed by atoms with Crippen LogP contribution in [0.2, 0.25) is 0 Å². The molecule has 26 valence electrons. The van der Waals surface area contributed by atoms with Crippen LogP contribution in [0.4, 0.5) is 3.89 Å². The topological polar surface area (TPSA) is 0 Å². The quantitative estimate of drug-likeness (QED) is 0.377. The Hall–Kier alpha value is 0.280. The lowest BCUT2D eigenvalue weighted by atomic mass is 11.9. The van der Waals surface area contributed by atoms with Crippen molar-refractivity contribution in [3.63, 3.8) is 0 Å². The van der Waals surface area contributed by atoms with Crippen LogP contribution in [-0.4, -0.2) is 12.5 Å². The van der Waals surface area contributed by atoms with Gasteiger partial charge < -0.3 is 0 Å². The average molecular weight is 81.1 g/mol. The summed E-state index contributed by atoms with van der Waals surface area (Å²) in [5, 5.41) is 0. The minimum Gasteiger partial charge on any atom is 0.0170 e. The number of rotatable bonds is 0. The molecule has 0 rings (SSSR count). The van der Waals surface area contributed by atoms with Crippen LogP contribution >= 0.6 is 0 Å². The first-order valence-corrected chi connectivity index (χ1v) is 2.91. The summed E-state index contributed by atoms with van der Waals surface area (Å²) in [6.45, 7) is 0. The molecule has 0 aliphatic rings. The fourth-order valence-corrected chi connectivity index (χ4v) is 0. The summed E-state index contributed by atoms with van der Waals surface area (Å²) in [4.78, 5) is 0. The van der Waals surface area contributed by atoms with Crippen LogP contribution in [0.25, 0.3) is 0 Å². The van der Waals surface area contributed by atoms with E-state index in [4.69, 9.17) is 0 Å². The third-order valence-electron chi connectivity index (χ3n) is 0. The maximum Gasteiger partial charge on any atom is 0.199 e. The second kappa shape index (κ2) is 1.58. The summed E-state index contributed by atoms with van der Waals surface area (Å²) < 4.78 is 11.0. The van der Waals surface area contributed by atoms with Gasteiger partial charge in [-0.25, -0.2) is 0 Å². The minimum atomic E-state index is -0.861. The Kier molecular flexibility index (Phi) is 1.70. The lowest BCUT2D eigenvalue weighted by Crippen LogP contribution is -1.75. The van der Waals surface area contributed by atoms with Crippen molar-refractivity contribution in [3.05, 3.63) is 0 Å². The summed E-state index contributed by atoms with van der Waals surface area (Å²) in [6, 6.07) is 0. The summed E-state index contributed by atoms with van der Waals surface area (Å²) in [6.07, 6.45) is 3.06. The maximum atomic E-state index is 11.0. The van der Waals surface area contributed by atoms with Gasteiger partial charge in [0.1, 0.15) is 12.5 Å². The highest BCUT2D eigenvalue weighted by molar-refractivity contribution is 7.90. The Morgan fingerprint density at radius 3 is 1.50 bits per heavy atom. The van der Waals surface area contributed by atoms with E-state index in [9.17, 15) is 3.89 Å². The van der Waals surface area contributed by atoms with Crippen LogP contribution in [0.3, 0.4) is 0 Å². The van der Waals surface area contributed by atoms with Crippen molar-refractivity contribution in [3.8, 4) is 0 Å². The standard InChI is InChI=1S/C2H6FS/c1-4(2)3/h1-2H3/q+1. The molecule has 0 nitrogen and oxygen atoms in total. The Balaban J connectivity index is 2.32. The predicted molar refractivity (Wildman–Crippen MR) is 20.3 cm³/mol. The van der Waals surface area contributed by atoms with Gasteiger partial charge in [-0.2, -0.15) is 0 Å². The second-order valence-corrected chi connectivity index (χ2v) is 2.15. The van der Waals surface area contributed by atoms with Crippen molar-refractivity contribution in [1.29, 1.82) is 0 Å². The molecular formula is C2H6FS+. The number of halogens is 1. The molecule has 0 aromatic heterocycles. The van der Waals surface area contributed by atoms with E-state index in [2.05, 4.69) is 0 Å². The molecule has 4 heavy (non-hydrogen) atoms. The lowest BCUT2D eigenvalue weighted by Gasteiger charge is -1.59. The van der Waals surface area contributed by atoms with Crippen molar-refractivity contribution >= 4 is 11.3 Å². The van der Waals surface area contributed by atoms with Crippen LogP contribution in [-0.2, 0) is 11.3 Å². The summed E-state index contributed by atoms with van der Waals surface area (Å²) in [5.41, 5.74) is 0. The minimum absolute atomic E-state index is 0.861. The Morgan fingerprint density at radius 1 is 1.50 bits per heavy atom. The molecule has 0 heterocycles. The first-order valence-electron chi connectivity index (χ1n) is 0.971. The van der Waals surface area contributed by atoms with Gasteiger partial charge in [0, 0.05) is 3.89 Å². The zero-order chi connectivity index (χ0) is 3.58. The first-order chi connectivity index (χ1) is 1.73. The lowest BCUT2D eigenvalue weighted by molar-refractivity contribution is 0.922. The van der Waals surface area contributed by atoms with Gasteiger partial charge in [0.15, 0.2) is 11.3 Å². The summed E-state index contributed by atoms with van der Waals surface area (Å²) in [7, 11) is 0. The van der Waals surface area contributed by atoms with Gasteiger partial charge in [0.25, 0.3) is 0 Å². The highest BCUT2D eigenvalue weighted by Crippen LogP contribution is 1.76. The smallest absolute Gasteiger partial charge is 0.0170 e.